The maximum Gasteiger partial charge on any atom is 0.237 e. The number of primary amides is 1. The molecule has 21 heavy (non-hydrogen) atoms. The van der Waals surface area contributed by atoms with Gasteiger partial charge in [0.1, 0.15) is 12.4 Å². The van der Waals surface area contributed by atoms with Crippen molar-refractivity contribution in [1.29, 1.82) is 0 Å². The Hall–Kier alpha value is -1.59. The molecule has 5 nitrogen and oxygen atoms in total. The third kappa shape index (κ3) is 6.14. The molecule has 2 atom stereocenters. The van der Waals surface area contributed by atoms with Crippen LogP contribution < -0.4 is 15.8 Å². The minimum Gasteiger partial charge on any atom is -0.491 e. The topological polar surface area (TPSA) is 73.6 Å². The van der Waals surface area contributed by atoms with Crippen LogP contribution in [0.15, 0.2) is 30.3 Å². The van der Waals surface area contributed by atoms with E-state index in [-0.39, 0.29) is 12.0 Å². The van der Waals surface area contributed by atoms with Gasteiger partial charge in [-0.15, -0.1) is 0 Å². The van der Waals surface area contributed by atoms with Gasteiger partial charge in [-0.2, -0.15) is 0 Å². The molecule has 118 valence electrons. The predicted molar refractivity (Wildman–Crippen MR) is 83.2 cm³/mol. The molecule has 0 aliphatic rings. The summed E-state index contributed by atoms with van der Waals surface area (Å²) in [5.74, 6) is 0.462. The summed E-state index contributed by atoms with van der Waals surface area (Å²) in [5.41, 5.74) is 4.71. The highest BCUT2D eigenvalue weighted by Gasteiger charge is 2.31. The summed E-state index contributed by atoms with van der Waals surface area (Å²) in [5, 5.41) is 3.12. The number of hydrogen-bond donors (Lipinski definition) is 2. The Morgan fingerprint density at radius 1 is 1.33 bits per heavy atom. The molecule has 0 bridgehead atoms. The fourth-order valence-corrected chi connectivity index (χ4v) is 2.21. The lowest BCUT2D eigenvalue weighted by Gasteiger charge is -2.29. The van der Waals surface area contributed by atoms with Crippen molar-refractivity contribution >= 4 is 5.91 Å². The molecule has 3 N–H and O–H groups in total. The number of benzene rings is 1. The smallest absolute Gasteiger partial charge is 0.237 e. The molecule has 0 spiro atoms. The second-order valence-electron chi connectivity index (χ2n) is 5.27. The van der Waals surface area contributed by atoms with Crippen LogP contribution in [0.5, 0.6) is 5.75 Å². The minimum atomic E-state index is -0.742. The number of nitrogens with two attached hydrogens (primary N) is 1. The number of carbonyl (C=O) groups excluding carboxylic acids is 1. The summed E-state index contributed by atoms with van der Waals surface area (Å²) in [6.45, 7) is 7.31. The fourth-order valence-electron chi connectivity index (χ4n) is 2.21. The predicted octanol–water partition coefficient (Wildman–Crippen LogP) is 1.71. The van der Waals surface area contributed by atoms with E-state index in [0.29, 0.717) is 26.2 Å². The Balaban J connectivity index is 2.30. The molecule has 0 saturated heterocycles. The number of para-hydroxylation sites is 1. The maximum absolute atomic E-state index is 11.5. The van der Waals surface area contributed by atoms with Gasteiger partial charge in [0.05, 0.1) is 18.2 Å². The van der Waals surface area contributed by atoms with E-state index in [2.05, 4.69) is 5.32 Å². The Kier molecular flexibility index (Phi) is 7.19. The molecule has 0 fully saturated rings. The quantitative estimate of drug-likeness (QED) is 0.644. The summed E-state index contributed by atoms with van der Waals surface area (Å²) in [7, 11) is 0. The zero-order chi connectivity index (χ0) is 15.7. The first-order chi connectivity index (χ1) is 9.98. The largest absolute Gasteiger partial charge is 0.491 e. The third-order valence-electron chi connectivity index (χ3n) is 3.30. The van der Waals surface area contributed by atoms with Crippen LogP contribution in [0.1, 0.15) is 27.2 Å². The van der Waals surface area contributed by atoms with Gasteiger partial charge in [-0.3, -0.25) is 4.79 Å². The number of ether oxygens (including phenoxy) is 2. The van der Waals surface area contributed by atoms with Crippen LogP contribution in [0.3, 0.4) is 0 Å². The van der Waals surface area contributed by atoms with E-state index in [9.17, 15) is 4.79 Å². The van der Waals surface area contributed by atoms with Crippen molar-refractivity contribution in [2.45, 2.75) is 38.8 Å². The second kappa shape index (κ2) is 8.64. The van der Waals surface area contributed by atoms with Gasteiger partial charge >= 0.3 is 0 Å². The number of carbonyl (C=O) groups is 1. The second-order valence-corrected chi connectivity index (χ2v) is 5.27. The van der Waals surface area contributed by atoms with Crippen molar-refractivity contribution in [2.75, 3.05) is 19.8 Å². The molecule has 0 aliphatic heterocycles. The van der Waals surface area contributed by atoms with E-state index >= 15 is 0 Å². The molecule has 0 aromatic heterocycles. The lowest BCUT2D eigenvalue weighted by atomic mass is 9.94. The molecule has 1 amide bonds. The van der Waals surface area contributed by atoms with Crippen molar-refractivity contribution in [1.82, 2.24) is 5.32 Å². The van der Waals surface area contributed by atoms with Crippen molar-refractivity contribution in [3.63, 3.8) is 0 Å². The summed E-state index contributed by atoms with van der Waals surface area (Å²) >= 11 is 0. The first-order valence-corrected chi connectivity index (χ1v) is 7.32. The van der Waals surface area contributed by atoms with E-state index in [1.807, 2.05) is 44.2 Å². The minimum absolute atomic E-state index is 0.0825. The van der Waals surface area contributed by atoms with Crippen molar-refractivity contribution in [3.05, 3.63) is 30.3 Å². The Labute approximate surface area is 126 Å². The molecular formula is C16H26N2O3. The lowest BCUT2D eigenvalue weighted by molar-refractivity contribution is -0.125. The standard InChI is InChI=1S/C16H26N2O3/c1-4-18-16(3,15(17)19)12-13(2)20-10-11-21-14-8-6-5-7-9-14/h5-9,13,18H,4,10-12H2,1-3H3,(H2,17,19). The SMILES string of the molecule is CCNC(C)(CC(C)OCCOc1ccccc1)C(N)=O. The van der Waals surface area contributed by atoms with Crippen molar-refractivity contribution < 1.29 is 14.3 Å². The van der Waals surface area contributed by atoms with Crippen LogP contribution in [0.2, 0.25) is 0 Å². The van der Waals surface area contributed by atoms with Gasteiger partial charge in [0.25, 0.3) is 0 Å². The number of likely N-dealkylation sites (N-methyl/N-ethyl adjacent to an activating group) is 1. The molecule has 1 rings (SSSR count). The molecule has 1 aromatic carbocycles. The molecule has 5 heteroatoms. The van der Waals surface area contributed by atoms with E-state index in [1.165, 1.54) is 0 Å². The molecule has 0 radical (unpaired) electrons. The van der Waals surface area contributed by atoms with E-state index in [4.69, 9.17) is 15.2 Å². The Bertz CT molecular complexity index is 425. The Morgan fingerprint density at radius 3 is 2.57 bits per heavy atom. The Morgan fingerprint density at radius 2 is 2.00 bits per heavy atom. The van der Waals surface area contributed by atoms with Gasteiger partial charge in [0, 0.05) is 6.42 Å². The van der Waals surface area contributed by atoms with Crippen LogP contribution in [-0.2, 0) is 9.53 Å². The fraction of sp³-hybridized carbons (Fsp3) is 0.562. The van der Waals surface area contributed by atoms with Crippen LogP contribution in [0, 0.1) is 0 Å². The number of nitrogens with one attached hydrogen (secondary N) is 1. The monoisotopic (exact) mass is 294 g/mol. The number of hydrogen-bond acceptors (Lipinski definition) is 4. The van der Waals surface area contributed by atoms with Gasteiger partial charge in [-0.25, -0.2) is 0 Å². The molecule has 0 heterocycles. The van der Waals surface area contributed by atoms with E-state index < -0.39 is 5.54 Å². The normalized spacial score (nSPS) is 15.2. The van der Waals surface area contributed by atoms with Gasteiger partial charge in [0.2, 0.25) is 5.91 Å². The number of amides is 1. The van der Waals surface area contributed by atoms with Crippen LogP contribution >= 0.6 is 0 Å². The van der Waals surface area contributed by atoms with Crippen molar-refractivity contribution in [3.8, 4) is 5.75 Å². The first-order valence-electron chi connectivity index (χ1n) is 7.32. The summed E-state index contributed by atoms with van der Waals surface area (Å²) in [6, 6.07) is 9.59. The van der Waals surface area contributed by atoms with E-state index in [0.717, 1.165) is 5.75 Å². The average molecular weight is 294 g/mol. The van der Waals surface area contributed by atoms with E-state index in [1.54, 1.807) is 6.92 Å². The zero-order valence-electron chi connectivity index (χ0n) is 13.1. The van der Waals surface area contributed by atoms with Gasteiger partial charge < -0.3 is 20.5 Å². The molecule has 0 aliphatic carbocycles. The van der Waals surface area contributed by atoms with Gasteiger partial charge in [0.15, 0.2) is 0 Å². The zero-order valence-corrected chi connectivity index (χ0v) is 13.1. The lowest BCUT2D eigenvalue weighted by Crippen LogP contribution is -2.54. The number of rotatable bonds is 10. The highest BCUT2D eigenvalue weighted by Crippen LogP contribution is 2.14. The summed E-state index contributed by atoms with van der Waals surface area (Å²) in [4.78, 5) is 11.5. The maximum atomic E-state index is 11.5. The molecule has 2 unspecified atom stereocenters. The van der Waals surface area contributed by atoms with Crippen LogP contribution in [0.25, 0.3) is 0 Å². The van der Waals surface area contributed by atoms with Crippen molar-refractivity contribution in [2.24, 2.45) is 5.73 Å². The molecule has 0 saturated carbocycles. The van der Waals surface area contributed by atoms with Crippen LogP contribution in [0.4, 0.5) is 0 Å². The van der Waals surface area contributed by atoms with Gasteiger partial charge in [-0.05, 0) is 32.5 Å². The summed E-state index contributed by atoms with van der Waals surface area (Å²) in [6.07, 6.45) is 0.447. The van der Waals surface area contributed by atoms with Gasteiger partial charge in [-0.1, -0.05) is 25.1 Å². The molecular weight excluding hydrogens is 268 g/mol. The van der Waals surface area contributed by atoms with Crippen LogP contribution in [-0.4, -0.2) is 37.3 Å². The highest BCUT2D eigenvalue weighted by molar-refractivity contribution is 5.84. The third-order valence-corrected chi connectivity index (χ3v) is 3.30. The molecule has 1 aromatic rings. The average Bonchev–Trinajstić information content (AvgIpc) is 2.45. The highest BCUT2D eigenvalue weighted by atomic mass is 16.5. The first kappa shape index (κ1) is 17.5. The summed E-state index contributed by atoms with van der Waals surface area (Å²) < 4.78 is 11.2.